The van der Waals surface area contributed by atoms with Crippen LogP contribution in [0.25, 0.3) is 0 Å². The van der Waals surface area contributed by atoms with Crippen LogP contribution in [0.15, 0.2) is 53.6 Å². The lowest BCUT2D eigenvalue weighted by Gasteiger charge is -2.57. The molecule has 4 bridgehead atoms. The van der Waals surface area contributed by atoms with Gasteiger partial charge in [0.1, 0.15) is 6.54 Å². The first-order valence-corrected chi connectivity index (χ1v) is 14.1. The van der Waals surface area contributed by atoms with E-state index in [2.05, 4.69) is 22.7 Å². The van der Waals surface area contributed by atoms with Crippen LogP contribution in [0.3, 0.4) is 0 Å². The Bertz CT molecular complexity index is 1170. The lowest BCUT2D eigenvalue weighted by Crippen LogP contribution is -2.48. The molecule has 2 aromatic rings. The molecule has 6 rings (SSSR count). The van der Waals surface area contributed by atoms with Gasteiger partial charge in [0.15, 0.2) is 0 Å². The van der Waals surface area contributed by atoms with E-state index < -0.39 is 15.9 Å². The van der Waals surface area contributed by atoms with Crippen LogP contribution in [0, 0.1) is 17.8 Å². The summed E-state index contributed by atoms with van der Waals surface area (Å²) in [5.41, 5.74) is 5.19. The second-order valence-corrected chi connectivity index (χ2v) is 12.7. The maximum Gasteiger partial charge on any atom is 0.260 e. The molecule has 1 N–H and O–H groups in total. The number of anilines is 1. The van der Waals surface area contributed by atoms with Gasteiger partial charge in [-0.25, -0.2) is 13.8 Å². The molecule has 4 aliphatic rings. The smallest absolute Gasteiger partial charge is 0.260 e. The first kappa shape index (κ1) is 23.4. The number of nitrogens with zero attached hydrogens (tertiary/aromatic N) is 2. The van der Waals surface area contributed by atoms with Gasteiger partial charge in [-0.3, -0.25) is 9.10 Å². The molecule has 8 heteroatoms. The zero-order chi connectivity index (χ0) is 23.9. The highest BCUT2D eigenvalue weighted by atomic mass is 35.5. The molecule has 180 valence electrons. The molecule has 34 heavy (non-hydrogen) atoms. The molecule has 0 spiro atoms. The van der Waals surface area contributed by atoms with E-state index in [4.69, 9.17) is 11.6 Å². The number of hydrogen-bond donors (Lipinski definition) is 1. The molecule has 6 nitrogen and oxygen atoms in total. The van der Waals surface area contributed by atoms with Crippen molar-refractivity contribution in [2.24, 2.45) is 22.9 Å². The zero-order valence-corrected chi connectivity index (χ0v) is 20.9. The summed E-state index contributed by atoms with van der Waals surface area (Å²) >= 11 is 5.95. The van der Waals surface area contributed by atoms with E-state index in [1.165, 1.54) is 50.3 Å². The summed E-state index contributed by atoms with van der Waals surface area (Å²) in [5.74, 6) is 2.01. The Balaban J connectivity index is 1.29. The number of nitrogens with one attached hydrogen (secondary N) is 1. The third-order valence-electron chi connectivity index (χ3n) is 7.74. The molecule has 0 aromatic heterocycles. The van der Waals surface area contributed by atoms with Gasteiger partial charge >= 0.3 is 0 Å². The predicted octanol–water partition coefficient (Wildman–Crippen LogP) is 4.72. The van der Waals surface area contributed by atoms with E-state index in [0.29, 0.717) is 10.7 Å². The minimum absolute atomic E-state index is 0.246. The van der Waals surface area contributed by atoms with E-state index in [-0.39, 0.29) is 12.0 Å². The molecule has 0 atom stereocenters. The van der Waals surface area contributed by atoms with Crippen molar-refractivity contribution in [3.05, 3.63) is 64.7 Å². The summed E-state index contributed by atoms with van der Waals surface area (Å²) in [7, 11) is -3.65. The molecule has 0 radical (unpaired) electrons. The molecule has 0 saturated heterocycles. The van der Waals surface area contributed by atoms with Crippen LogP contribution in [0.4, 0.5) is 5.69 Å². The van der Waals surface area contributed by atoms with E-state index in [1.54, 1.807) is 24.3 Å². The highest BCUT2D eigenvalue weighted by Gasteiger charge is 2.51. The minimum Gasteiger partial charge on any atom is -0.271 e. The Labute approximate surface area is 206 Å². The van der Waals surface area contributed by atoms with Gasteiger partial charge in [-0.1, -0.05) is 35.9 Å². The molecular weight excluding hydrogens is 470 g/mol. The van der Waals surface area contributed by atoms with Crippen LogP contribution in [0.5, 0.6) is 0 Å². The first-order valence-electron chi connectivity index (χ1n) is 11.9. The summed E-state index contributed by atoms with van der Waals surface area (Å²) in [6.45, 7) is -0.345. The van der Waals surface area contributed by atoms with Crippen LogP contribution in [0.2, 0.25) is 5.02 Å². The van der Waals surface area contributed by atoms with Gasteiger partial charge in [0.25, 0.3) is 5.91 Å². The molecule has 4 aliphatic carbocycles. The number of hydrazone groups is 1. The fraction of sp³-hybridized carbons (Fsp3) is 0.462. The van der Waals surface area contributed by atoms with Crippen LogP contribution < -0.4 is 9.73 Å². The lowest BCUT2D eigenvalue weighted by molar-refractivity contribution is -0.119. The van der Waals surface area contributed by atoms with Gasteiger partial charge in [0, 0.05) is 5.02 Å². The van der Waals surface area contributed by atoms with E-state index in [9.17, 15) is 13.2 Å². The maximum atomic E-state index is 12.5. The van der Waals surface area contributed by atoms with Crippen molar-refractivity contribution in [2.75, 3.05) is 17.1 Å². The number of amides is 1. The molecule has 4 saturated carbocycles. The second kappa shape index (κ2) is 9.00. The lowest BCUT2D eigenvalue weighted by atomic mass is 9.48. The average Bonchev–Trinajstić information content (AvgIpc) is 2.76. The summed E-state index contributed by atoms with van der Waals surface area (Å²) in [4.78, 5) is 12.5. The van der Waals surface area contributed by atoms with Crippen molar-refractivity contribution in [3.8, 4) is 0 Å². The van der Waals surface area contributed by atoms with Crippen LogP contribution >= 0.6 is 11.6 Å². The summed E-state index contributed by atoms with van der Waals surface area (Å²) in [5, 5.41) is 4.49. The fourth-order valence-electron chi connectivity index (χ4n) is 6.78. The molecular formula is C26H30ClN3O3S. The Morgan fingerprint density at radius 1 is 1.09 bits per heavy atom. The van der Waals surface area contributed by atoms with Crippen molar-refractivity contribution in [1.29, 1.82) is 0 Å². The highest BCUT2D eigenvalue weighted by molar-refractivity contribution is 7.92. The number of hydrogen-bond acceptors (Lipinski definition) is 4. The standard InChI is InChI=1S/C26H30ClN3O3S/c1-34(32,33)30(17-25(31)29-28-16-18-3-2-4-23(27)12-18)24-7-5-22(6-8-24)26-13-19-9-20(14-26)11-21(10-19)15-26/h2-8,12,16,19-21H,9-11,13-15,17H2,1H3,(H,29,31)/b28-16-. The Morgan fingerprint density at radius 2 is 1.71 bits per heavy atom. The van der Waals surface area contributed by atoms with Crippen molar-refractivity contribution < 1.29 is 13.2 Å². The SMILES string of the molecule is CS(=O)(=O)N(CC(=O)N/N=C\c1cccc(Cl)c1)c1ccc(C23CC4CC(CC(C4)C2)C3)cc1. The average molecular weight is 500 g/mol. The molecule has 0 heterocycles. The Kier molecular flexibility index (Phi) is 6.19. The minimum atomic E-state index is -3.65. The second-order valence-electron chi connectivity index (χ2n) is 10.4. The number of sulfonamides is 1. The van der Waals surface area contributed by atoms with Crippen molar-refractivity contribution in [2.45, 2.75) is 43.9 Å². The number of carbonyl (C=O) groups excluding carboxylic acids is 1. The summed E-state index contributed by atoms with van der Waals surface area (Å²) < 4.78 is 26.1. The van der Waals surface area contributed by atoms with Crippen LogP contribution in [0.1, 0.15) is 49.7 Å². The molecule has 0 unspecified atom stereocenters. The third-order valence-corrected chi connectivity index (χ3v) is 9.12. The molecule has 2 aromatic carbocycles. The van der Waals surface area contributed by atoms with Gasteiger partial charge in [-0.15, -0.1) is 0 Å². The number of benzene rings is 2. The largest absolute Gasteiger partial charge is 0.271 e. The monoisotopic (exact) mass is 499 g/mol. The summed E-state index contributed by atoms with van der Waals surface area (Å²) in [6, 6.07) is 14.9. The highest BCUT2D eigenvalue weighted by Crippen LogP contribution is 2.60. The van der Waals surface area contributed by atoms with Crippen molar-refractivity contribution in [1.82, 2.24) is 5.43 Å². The summed E-state index contributed by atoms with van der Waals surface area (Å²) in [6.07, 6.45) is 10.5. The van der Waals surface area contributed by atoms with Crippen molar-refractivity contribution in [3.63, 3.8) is 0 Å². The third kappa shape index (κ3) is 4.86. The molecule has 4 fully saturated rings. The van der Waals surface area contributed by atoms with Crippen LogP contribution in [-0.4, -0.2) is 33.3 Å². The van der Waals surface area contributed by atoms with E-state index >= 15 is 0 Å². The predicted molar refractivity (Wildman–Crippen MR) is 136 cm³/mol. The van der Waals surface area contributed by atoms with Gasteiger partial charge in [0.2, 0.25) is 10.0 Å². The first-order chi connectivity index (χ1) is 16.2. The van der Waals surface area contributed by atoms with Gasteiger partial charge in [0.05, 0.1) is 18.2 Å². The molecule has 1 amide bonds. The zero-order valence-electron chi connectivity index (χ0n) is 19.3. The quantitative estimate of drug-likeness (QED) is 0.442. The topological polar surface area (TPSA) is 78.8 Å². The number of rotatable bonds is 7. The van der Waals surface area contributed by atoms with Crippen LogP contribution in [-0.2, 0) is 20.2 Å². The van der Waals surface area contributed by atoms with Gasteiger partial charge in [-0.05, 0) is 97.1 Å². The van der Waals surface area contributed by atoms with Gasteiger partial charge in [-0.2, -0.15) is 5.10 Å². The number of carbonyl (C=O) groups is 1. The Morgan fingerprint density at radius 3 is 2.26 bits per heavy atom. The number of halogens is 1. The van der Waals surface area contributed by atoms with E-state index in [1.807, 2.05) is 12.1 Å². The molecule has 0 aliphatic heterocycles. The van der Waals surface area contributed by atoms with Gasteiger partial charge < -0.3 is 0 Å². The maximum absolute atomic E-state index is 12.5. The normalized spacial score (nSPS) is 27.8. The fourth-order valence-corrected chi connectivity index (χ4v) is 7.83. The van der Waals surface area contributed by atoms with E-state index in [0.717, 1.165) is 33.9 Å². The van der Waals surface area contributed by atoms with Crippen molar-refractivity contribution >= 4 is 39.4 Å². The Hall–Kier alpha value is -2.38.